The number of ether oxygens (including phenoxy) is 1. The summed E-state index contributed by atoms with van der Waals surface area (Å²) >= 11 is 6.22. The highest BCUT2D eigenvalue weighted by Crippen LogP contribution is 2.38. The SMILES string of the molecule is COc1ccc(N(CC(=O)N=Nc2c(O)n(C)c3ccccc23)S(=O)(=O)c2ccccc2)cc1Cl. The molecule has 0 aliphatic carbocycles. The number of para-hydroxylation sites is 1. The smallest absolute Gasteiger partial charge is 0.285 e. The number of amides is 1. The molecule has 9 nitrogen and oxygen atoms in total. The maximum Gasteiger partial charge on any atom is 0.285 e. The highest BCUT2D eigenvalue weighted by Gasteiger charge is 2.28. The van der Waals surface area contributed by atoms with E-state index in [0.29, 0.717) is 16.7 Å². The Hall–Kier alpha value is -3.89. The number of benzene rings is 3. The van der Waals surface area contributed by atoms with E-state index < -0.39 is 22.5 Å². The second-order valence-electron chi connectivity index (χ2n) is 7.49. The Balaban J connectivity index is 1.71. The molecule has 1 amide bonds. The van der Waals surface area contributed by atoms with Crippen LogP contribution in [-0.4, -0.2) is 37.7 Å². The molecule has 0 radical (unpaired) electrons. The molecule has 1 heterocycles. The van der Waals surface area contributed by atoms with Crippen molar-refractivity contribution in [3.8, 4) is 11.6 Å². The van der Waals surface area contributed by atoms with Crippen LogP contribution in [0.2, 0.25) is 5.02 Å². The van der Waals surface area contributed by atoms with E-state index in [-0.39, 0.29) is 27.2 Å². The predicted octanol–water partition coefficient (Wildman–Crippen LogP) is 5.05. The predicted molar refractivity (Wildman–Crippen MR) is 133 cm³/mol. The van der Waals surface area contributed by atoms with Gasteiger partial charge in [0.15, 0.2) is 5.69 Å². The first kappa shape index (κ1) is 24.2. The van der Waals surface area contributed by atoms with Gasteiger partial charge in [0.25, 0.3) is 15.9 Å². The average molecular weight is 513 g/mol. The number of fused-ring (bicyclic) bond motifs is 1. The van der Waals surface area contributed by atoms with Crippen LogP contribution >= 0.6 is 11.6 Å². The number of sulfonamides is 1. The van der Waals surface area contributed by atoms with Gasteiger partial charge >= 0.3 is 0 Å². The van der Waals surface area contributed by atoms with Gasteiger partial charge in [-0.3, -0.25) is 9.10 Å². The van der Waals surface area contributed by atoms with Crippen molar-refractivity contribution >= 4 is 49.8 Å². The fraction of sp³-hybridized carbons (Fsp3) is 0.125. The molecule has 4 aromatic rings. The minimum Gasteiger partial charge on any atom is -0.495 e. The lowest BCUT2D eigenvalue weighted by Crippen LogP contribution is -2.35. The summed E-state index contributed by atoms with van der Waals surface area (Å²) in [6.07, 6.45) is 0. The molecule has 0 unspecified atom stereocenters. The topological polar surface area (TPSA) is 114 Å². The van der Waals surface area contributed by atoms with Gasteiger partial charge in [-0.15, -0.1) is 10.2 Å². The van der Waals surface area contributed by atoms with Gasteiger partial charge < -0.3 is 14.4 Å². The van der Waals surface area contributed by atoms with Crippen LogP contribution in [-0.2, 0) is 21.9 Å². The van der Waals surface area contributed by atoms with Crippen LogP contribution in [0.5, 0.6) is 11.6 Å². The Labute approximate surface area is 206 Å². The minimum absolute atomic E-state index is 0.0108. The summed E-state index contributed by atoms with van der Waals surface area (Å²) in [7, 11) is -1.06. The highest BCUT2D eigenvalue weighted by atomic mass is 35.5. The molecule has 0 atom stereocenters. The molecule has 0 fully saturated rings. The summed E-state index contributed by atoms with van der Waals surface area (Å²) in [5.41, 5.74) is 0.963. The van der Waals surface area contributed by atoms with Crippen LogP contribution in [0.25, 0.3) is 10.9 Å². The monoisotopic (exact) mass is 512 g/mol. The Bertz CT molecular complexity index is 1530. The van der Waals surface area contributed by atoms with Crippen molar-refractivity contribution < 1.29 is 23.1 Å². The second-order valence-corrected chi connectivity index (χ2v) is 9.76. The quantitative estimate of drug-likeness (QED) is 0.348. The fourth-order valence-electron chi connectivity index (χ4n) is 3.56. The number of hydrogen-bond acceptors (Lipinski definition) is 6. The molecule has 0 bridgehead atoms. The number of carbonyl (C=O) groups excluding carboxylic acids is 1. The van der Waals surface area contributed by atoms with Crippen molar-refractivity contribution in [2.24, 2.45) is 17.3 Å². The lowest BCUT2D eigenvalue weighted by Gasteiger charge is -2.23. The molecule has 0 saturated heterocycles. The molecular weight excluding hydrogens is 492 g/mol. The van der Waals surface area contributed by atoms with E-state index >= 15 is 0 Å². The summed E-state index contributed by atoms with van der Waals surface area (Å²) in [6, 6.07) is 19.2. The zero-order valence-corrected chi connectivity index (χ0v) is 20.4. The summed E-state index contributed by atoms with van der Waals surface area (Å²) < 4.78 is 34.4. The van der Waals surface area contributed by atoms with Crippen molar-refractivity contribution in [1.82, 2.24) is 4.57 Å². The first-order valence-corrected chi connectivity index (χ1v) is 12.2. The molecule has 4 rings (SSSR count). The maximum absolute atomic E-state index is 13.4. The number of aromatic hydroxyl groups is 1. The van der Waals surface area contributed by atoms with Crippen LogP contribution in [0.3, 0.4) is 0 Å². The first-order valence-electron chi connectivity index (χ1n) is 10.4. The normalized spacial score (nSPS) is 11.7. The van der Waals surface area contributed by atoms with Gasteiger partial charge in [0.05, 0.1) is 28.2 Å². The molecule has 1 aromatic heterocycles. The summed E-state index contributed by atoms with van der Waals surface area (Å²) in [5.74, 6) is -0.660. The van der Waals surface area contributed by atoms with Crippen molar-refractivity contribution in [3.05, 3.63) is 77.8 Å². The Morgan fingerprint density at radius 3 is 2.46 bits per heavy atom. The van der Waals surface area contributed by atoms with Crippen LogP contribution in [0.4, 0.5) is 11.4 Å². The van der Waals surface area contributed by atoms with Crippen molar-refractivity contribution in [1.29, 1.82) is 0 Å². The summed E-state index contributed by atoms with van der Waals surface area (Å²) in [5, 5.41) is 18.8. The van der Waals surface area contributed by atoms with E-state index in [1.807, 2.05) is 0 Å². The molecule has 0 aliphatic heterocycles. The first-order chi connectivity index (χ1) is 16.7. The molecule has 1 N–H and O–H groups in total. The van der Waals surface area contributed by atoms with Gasteiger partial charge in [0.1, 0.15) is 12.3 Å². The van der Waals surface area contributed by atoms with Crippen LogP contribution in [0, 0.1) is 0 Å². The third-order valence-corrected chi connectivity index (χ3v) is 7.43. The number of nitrogens with zero attached hydrogens (tertiary/aromatic N) is 4. The number of anilines is 1. The van der Waals surface area contributed by atoms with Crippen molar-refractivity contribution in [2.75, 3.05) is 18.0 Å². The molecule has 0 spiro atoms. The third kappa shape index (κ3) is 4.71. The third-order valence-electron chi connectivity index (χ3n) is 5.34. The molecule has 35 heavy (non-hydrogen) atoms. The number of methoxy groups -OCH3 is 1. The Morgan fingerprint density at radius 1 is 1.09 bits per heavy atom. The Kier molecular flexibility index (Phi) is 6.77. The van der Waals surface area contributed by atoms with Gasteiger partial charge in [-0.2, -0.15) is 0 Å². The number of hydrogen-bond donors (Lipinski definition) is 1. The number of aryl methyl sites for hydroxylation is 1. The zero-order chi connectivity index (χ0) is 25.2. The minimum atomic E-state index is -4.15. The van der Waals surface area contributed by atoms with E-state index in [4.69, 9.17) is 16.3 Å². The molecule has 11 heteroatoms. The zero-order valence-electron chi connectivity index (χ0n) is 18.8. The number of rotatable bonds is 7. The van der Waals surface area contributed by atoms with Gasteiger partial charge in [0, 0.05) is 12.4 Å². The van der Waals surface area contributed by atoms with E-state index in [1.165, 1.54) is 42.0 Å². The van der Waals surface area contributed by atoms with Gasteiger partial charge in [-0.05, 0) is 36.4 Å². The van der Waals surface area contributed by atoms with Gasteiger partial charge in [-0.1, -0.05) is 48.0 Å². The van der Waals surface area contributed by atoms with E-state index in [1.54, 1.807) is 49.5 Å². The van der Waals surface area contributed by atoms with Crippen molar-refractivity contribution in [3.63, 3.8) is 0 Å². The van der Waals surface area contributed by atoms with Gasteiger partial charge in [-0.25, -0.2) is 8.42 Å². The Morgan fingerprint density at radius 2 is 1.77 bits per heavy atom. The highest BCUT2D eigenvalue weighted by molar-refractivity contribution is 7.92. The van der Waals surface area contributed by atoms with E-state index in [0.717, 1.165) is 4.31 Å². The second kappa shape index (κ2) is 9.77. The molecule has 3 aromatic carbocycles. The summed E-state index contributed by atoms with van der Waals surface area (Å²) in [6.45, 7) is -0.644. The number of halogens is 1. The van der Waals surface area contributed by atoms with Crippen LogP contribution < -0.4 is 9.04 Å². The summed E-state index contributed by atoms with van der Waals surface area (Å²) in [4.78, 5) is 12.8. The molecule has 0 saturated carbocycles. The van der Waals surface area contributed by atoms with E-state index in [9.17, 15) is 18.3 Å². The van der Waals surface area contributed by atoms with E-state index in [2.05, 4.69) is 10.2 Å². The lowest BCUT2D eigenvalue weighted by atomic mass is 10.2. The maximum atomic E-state index is 13.4. The largest absolute Gasteiger partial charge is 0.495 e. The average Bonchev–Trinajstić information content (AvgIpc) is 3.11. The fourth-order valence-corrected chi connectivity index (χ4v) is 5.24. The number of azo groups is 1. The van der Waals surface area contributed by atoms with Crippen molar-refractivity contribution in [2.45, 2.75) is 4.90 Å². The number of aromatic nitrogens is 1. The molecular formula is C24H21ClN4O5S. The lowest BCUT2D eigenvalue weighted by molar-refractivity contribution is -0.116. The van der Waals surface area contributed by atoms with Crippen LogP contribution in [0.15, 0.2) is 87.9 Å². The van der Waals surface area contributed by atoms with Crippen LogP contribution in [0.1, 0.15) is 0 Å². The number of carbonyl (C=O) groups is 1. The van der Waals surface area contributed by atoms with Gasteiger partial charge in [0.2, 0.25) is 5.88 Å². The standard InChI is InChI=1S/C24H21ClN4O5S/c1-28-20-11-7-6-10-18(20)23(24(28)31)27-26-22(30)15-29(16-12-13-21(34-2)19(25)14-16)35(32,33)17-8-4-3-5-9-17/h3-14,31H,15H2,1-2H3. The molecule has 180 valence electrons. The molecule has 0 aliphatic rings.